The third kappa shape index (κ3) is 2.93. The van der Waals surface area contributed by atoms with Gasteiger partial charge >= 0.3 is 5.97 Å². The molecule has 5 heteroatoms. The Morgan fingerprint density at radius 1 is 1.44 bits per heavy atom. The molecule has 3 N–H and O–H groups in total. The van der Waals surface area contributed by atoms with Gasteiger partial charge in [0.15, 0.2) is 0 Å². The highest BCUT2D eigenvalue weighted by atomic mass is 16.5. The van der Waals surface area contributed by atoms with Crippen LogP contribution in [-0.4, -0.2) is 49.5 Å². The number of carboxylic acids is 1. The molecule has 0 saturated carbocycles. The van der Waals surface area contributed by atoms with Crippen molar-refractivity contribution in [3.8, 4) is 0 Å². The molecule has 0 aromatic rings. The summed E-state index contributed by atoms with van der Waals surface area (Å²) in [5, 5.41) is 15.4. The fourth-order valence-corrected chi connectivity index (χ4v) is 2.34. The van der Waals surface area contributed by atoms with Crippen molar-refractivity contribution in [2.75, 3.05) is 32.8 Å². The molecule has 2 heterocycles. The van der Waals surface area contributed by atoms with Crippen LogP contribution in [0.5, 0.6) is 0 Å². The van der Waals surface area contributed by atoms with Gasteiger partial charge in [0.25, 0.3) is 0 Å². The number of nitrogens with one attached hydrogen (secondary N) is 2. The van der Waals surface area contributed by atoms with Gasteiger partial charge in [-0.1, -0.05) is 0 Å². The third-order valence-electron chi connectivity index (χ3n) is 3.52. The average molecular weight is 228 g/mol. The summed E-state index contributed by atoms with van der Waals surface area (Å²) in [6.45, 7) is 4.14. The van der Waals surface area contributed by atoms with Crippen LogP contribution in [0.4, 0.5) is 0 Å². The van der Waals surface area contributed by atoms with Crippen LogP contribution < -0.4 is 10.6 Å². The Kier molecular flexibility index (Phi) is 3.78. The Bertz CT molecular complexity index is 248. The molecule has 0 spiro atoms. The van der Waals surface area contributed by atoms with Crippen LogP contribution in [0.1, 0.15) is 19.3 Å². The van der Waals surface area contributed by atoms with Crippen LogP contribution in [0.2, 0.25) is 0 Å². The Morgan fingerprint density at radius 3 is 2.62 bits per heavy atom. The van der Waals surface area contributed by atoms with E-state index in [4.69, 9.17) is 9.84 Å². The number of hydrogen-bond acceptors (Lipinski definition) is 4. The van der Waals surface area contributed by atoms with Gasteiger partial charge in [-0.05, 0) is 25.3 Å². The first-order chi connectivity index (χ1) is 7.70. The summed E-state index contributed by atoms with van der Waals surface area (Å²) in [5.41, 5.74) is -0.204. The number of carboxylic acid groups (broad SMARTS) is 1. The van der Waals surface area contributed by atoms with Crippen LogP contribution in [0, 0.1) is 5.92 Å². The van der Waals surface area contributed by atoms with Crippen molar-refractivity contribution in [2.24, 2.45) is 5.92 Å². The summed E-state index contributed by atoms with van der Waals surface area (Å²) < 4.78 is 5.30. The number of hydrogen-bond donors (Lipinski definition) is 3. The Morgan fingerprint density at radius 2 is 2.12 bits per heavy atom. The highest BCUT2D eigenvalue weighted by Crippen LogP contribution is 2.19. The van der Waals surface area contributed by atoms with Gasteiger partial charge in [0, 0.05) is 26.3 Å². The minimum Gasteiger partial charge on any atom is -0.481 e. The smallest absolute Gasteiger partial charge is 0.305 e. The third-order valence-corrected chi connectivity index (χ3v) is 3.52. The van der Waals surface area contributed by atoms with E-state index in [1.165, 1.54) is 0 Å². The van der Waals surface area contributed by atoms with Crippen LogP contribution in [-0.2, 0) is 9.53 Å². The molecule has 0 aliphatic carbocycles. The van der Waals surface area contributed by atoms with Gasteiger partial charge in [0.1, 0.15) is 0 Å². The molecule has 2 saturated heterocycles. The lowest BCUT2D eigenvalue weighted by Gasteiger charge is -2.43. The maximum Gasteiger partial charge on any atom is 0.305 e. The predicted octanol–water partition coefficient (Wildman–Crippen LogP) is -0.181. The standard InChI is InChI=1S/C11H20N2O3/c14-10(15)5-11(7-12-8-11)13-6-9-1-3-16-4-2-9/h9,12-13H,1-8H2,(H,14,15). The summed E-state index contributed by atoms with van der Waals surface area (Å²) >= 11 is 0. The van der Waals surface area contributed by atoms with Crippen molar-refractivity contribution in [1.29, 1.82) is 0 Å². The first kappa shape index (κ1) is 11.8. The second-order valence-corrected chi connectivity index (χ2v) is 4.89. The SMILES string of the molecule is O=C(O)CC1(NCC2CCOCC2)CNC1. The van der Waals surface area contributed by atoms with Gasteiger partial charge in [-0.2, -0.15) is 0 Å². The fraction of sp³-hybridized carbons (Fsp3) is 0.909. The summed E-state index contributed by atoms with van der Waals surface area (Å²) in [5.74, 6) is -0.0824. The maximum absolute atomic E-state index is 10.8. The molecule has 2 rings (SSSR count). The second kappa shape index (κ2) is 5.12. The van der Waals surface area contributed by atoms with Crippen LogP contribution in [0.15, 0.2) is 0 Å². The molecule has 16 heavy (non-hydrogen) atoms. The highest BCUT2D eigenvalue weighted by molar-refractivity contribution is 5.68. The molecule has 2 aliphatic heterocycles. The second-order valence-electron chi connectivity index (χ2n) is 4.89. The van der Waals surface area contributed by atoms with E-state index in [0.717, 1.165) is 45.7 Å². The maximum atomic E-state index is 10.8. The van der Waals surface area contributed by atoms with Crippen molar-refractivity contribution in [1.82, 2.24) is 10.6 Å². The summed E-state index contributed by atoms with van der Waals surface area (Å²) in [4.78, 5) is 10.8. The fourth-order valence-electron chi connectivity index (χ4n) is 2.34. The quantitative estimate of drug-likeness (QED) is 0.609. The molecule has 0 atom stereocenters. The number of ether oxygens (including phenoxy) is 1. The molecule has 0 radical (unpaired) electrons. The number of carbonyl (C=O) groups is 1. The van der Waals surface area contributed by atoms with Crippen LogP contribution >= 0.6 is 0 Å². The minimum absolute atomic E-state index is 0.204. The van der Waals surface area contributed by atoms with Crippen LogP contribution in [0.25, 0.3) is 0 Å². The van der Waals surface area contributed by atoms with E-state index in [1.54, 1.807) is 0 Å². The molecule has 0 amide bonds. The van der Waals surface area contributed by atoms with E-state index in [2.05, 4.69) is 10.6 Å². The van der Waals surface area contributed by atoms with Gasteiger partial charge in [0.05, 0.1) is 12.0 Å². The first-order valence-corrected chi connectivity index (χ1v) is 5.95. The zero-order valence-corrected chi connectivity index (χ0v) is 9.50. The van der Waals surface area contributed by atoms with Crippen molar-refractivity contribution in [2.45, 2.75) is 24.8 Å². The summed E-state index contributed by atoms with van der Waals surface area (Å²) in [6, 6.07) is 0. The lowest BCUT2D eigenvalue weighted by atomic mass is 9.87. The topological polar surface area (TPSA) is 70.6 Å². The summed E-state index contributed by atoms with van der Waals surface area (Å²) in [6.07, 6.45) is 2.39. The molecule has 0 aromatic heterocycles. The van der Waals surface area contributed by atoms with E-state index in [1.807, 2.05) is 0 Å². The van der Waals surface area contributed by atoms with Gasteiger partial charge in [-0.25, -0.2) is 0 Å². The lowest BCUT2D eigenvalue weighted by molar-refractivity contribution is -0.139. The normalized spacial score (nSPS) is 25.0. The molecule has 0 unspecified atom stereocenters. The monoisotopic (exact) mass is 228 g/mol. The Balaban J connectivity index is 1.75. The Labute approximate surface area is 95.5 Å². The van der Waals surface area contributed by atoms with Gasteiger partial charge in [0.2, 0.25) is 0 Å². The minimum atomic E-state index is -0.721. The molecule has 92 valence electrons. The predicted molar refractivity (Wildman–Crippen MR) is 59.4 cm³/mol. The van der Waals surface area contributed by atoms with E-state index >= 15 is 0 Å². The molecule has 5 nitrogen and oxygen atoms in total. The van der Waals surface area contributed by atoms with E-state index in [9.17, 15) is 4.79 Å². The Hall–Kier alpha value is -0.650. The van der Waals surface area contributed by atoms with Crippen molar-refractivity contribution < 1.29 is 14.6 Å². The molecular weight excluding hydrogens is 208 g/mol. The zero-order chi connectivity index (χ0) is 11.4. The molecule has 0 bridgehead atoms. The summed E-state index contributed by atoms with van der Waals surface area (Å²) in [7, 11) is 0. The van der Waals surface area contributed by atoms with Gasteiger partial charge in [-0.3, -0.25) is 4.79 Å². The zero-order valence-electron chi connectivity index (χ0n) is 9.50. The van der Waals surface area contributed by atoms with Crippen molar-refractivity contribution in [3.05, 3.63) is 0 Å². The number of rotatable bonds is 5. The van der Waals surface area contributed by atoms with E-state index in [0.29, 0.717) is 5.92 Å². The van der Waals surface area contributed by atoms with Gasteiger partial charge < -0.3 is 20.5 Å². The molecule has 2 fully saturated rings. The van der Waals surface area contributed by atoms with Crippen molar-refractivity contribution in [3.63, 3.8) is 0 Å². The van der Waals surface area contributed by atoms with Crippen LogP contribution in [0.3, 0.4) is 0 Å². The van der Waals surface area contributed by atoms with E-state index in [-0.39, 0.29) is 12.0 Å². The molecular formula is C11H20N2O3. The largest absolute Gasteiger partial charge is 0.481 e. The first-order valence-electron chi connectivity index (χ1n) is 5.95. The number of aliphatic carboxylic acids is 1. The van der Waals surface area contributed by atoms with Gasteiger partial charge in [-0.15, -0.1) is 0 Å². The molecule has 0 aromatic carbocycles. The lowest BCUT2D eigenvalue weighted by Crippen LogP contribution is -2.69. The molecule has 2 aliphatic rings. The highest BCUT2D eigenvalue weighted by Gasteiger charge is 2.38. The average Bonchev–Trinajstić information content (AvgIpc) is 2.23. The van der Waals surface area contributed by atoms with E-state index < -0.39 is 5.97 Å². The van der Waals surface area contributed by atoms with Crippen molar-refractivity contribution >= 4 is 5.97 Å².